The molecule has 1 aliphatic carbocycles. The summed E-state index contributed by atoms with van der Waals surface area (Å²) in [6, 6.07) is 1.11. The number of alkyl halides is 3. The second-order valence-corrected chi connectivity index (χ2v) is 7.88. The van der Waals surface area contributed by atoms with Gasteiger partial charge in [0.25, 0.3) is 0 Å². The van der Waals surface area contributed by atoms with Crippen molar-refractivity contribution in [2.24, 2.45) is 4.99 Å². The molecule has 0 amide bonds. The molecule has 1 saturated carbocycles. The highest BCUT2D eigenvalue weighted by atomic mass is 127. The molecule has 0 aromatic carbocycles. The number of hydrogen-bond acceptors (Lipinski definition) is 4. The summed E-state index contributed by atoms with van der Waals surface area (Å²) in [4.78, 5) is 10.5. The average molecular weight is 517 g/mol. The van der Waals surface area contributed by atoms with E-state index in [0.29, 0.717) is 30.0 Å². The van der Waals surface area contributed by atoms with Crippen molar-refractivity contribution in [3.05, 3.63) is 16.1 Å². The van der Waals surface area contributed by atoms with Gasteiger partial charge in [0, 0.05) is 50.6 Å². The summed E-state index contributed by atoms with van der Waals surface area (Å²) in [5, 5.41) is 8.17. The van der Waals surface area contributed by atoms with E-state index >= 15 is 0 Å². The van der Waals surface area contributed by atoms with Crippen molar-refractivity contribution in [3.8, 4) is 0 Å². The van der Waals surface area contributed by atoms with Crippen LogP contribution in [0.1, 0.15) is 42.8 Å². The highest BCUT2D eigenvalue weighted by molar-refractivity contribution is 14.0. The van der Waals surface area contributed by atoms with Crippen LogP contribution in [0.2, 0.25) is 0 Å². The molecule has 1 unspecified atom stereocenters. The van der Waals surface area contributed by atoms with Crippen LogP contribution in [0.15, 0.2) is 10.4 Å². The van der Waals surface area contributed by atoms with Crippen LogP contribution in [0.25, 0.3) is 0 Å². The number of guanidine groups is 1. The largest absolute Gasteiger partial charge is 0.434 e. The van der Waals surface area contributed by atoms with Gasteiger partial charge in [-0.2, -0.15) is 13.2 Å². The molecule has 1 saturated heterocycles. The zero-order chi connectivity index (χ0) is 18.6. The van der Waals surface area contributed by atoms with Crippen molar-refractivity contribution in [2.45, 2.75) is 56.8 Å². The molecule has 27 heavy (non-hydrogen) atoms. The van der Waals surface area contributed by atoms with Gasteiger partial charge in [0.2, 0.25) is 0 Å². The van der Waals surface area contributed by atoms with Crippen molar-refractivity contribution >= 4 is 41.3 Å². The van der Waals surface area contributed by atoms with Gasteiger partial charge < -0.3 is 10.6 Å². The van der Waals surface area contributed by atoms with Crippen LogP contribution in [0, 0.1) is 0 Å². The second kappa shape index (κ2) is 10.2. The third-order valence-electron chi connectivity index (χ3n) is 5.10. The molecule has 2 N–H and O–H groups in total. The lowest BCUT2D eigenvalue weighted by Crippen LogP contribution is -2.45. The third-order valence-corrected chi connectivity index (χ3v) is 6.01. The summed E-state index contributed by atoms with van der Waals surface area (Å²) in [7, 11) is 1.71. The second-order valence-electron chi connectivity index (χ2n) is 6.94. The molecule has 3 rings (SSSR count). The Balaban J connectivity index is 0.00000261. The van der Waals surface area contributed by atoms with Gasteiger partial charge in [-0.1, -0.05) is 12.8 Å². The lowest BCUT2D eigenvalue weighted by Gasteiger charge is -2.24. The molecule has 5 nitrogen and oxygen atoms in total. The summed E-state index contributed by atoms with van der Waals surface area (Å²) in [5.74, 6) is 0.705. The predicted octanol–water partition coefficient (Wildman–Crippen LogP) is 3.50. The molecule has 2 heterocycles. The van der Waals surface area contributed by atoms with Crippen LogP contribution < -0.4 is 10.6 Å². The van der Waals surface area contributed by atoms with Crippen LogP contribution >= 0.6 is 35.3 Å². The SMILES string of the molecule is CN=C(NCCc1nc(C(F)(F)F)cs1)NC1CCN(C2CCCC2)C1.I. The van der Waals surface area contributed by atoms with Crippen LogP contribution in [0.5, 0.6) is 0 Å². The number of nitrogens with zero attached hydrogens (tertiary/aromatic N) is 3. The lowest BCUT2D eigenvalue weighted by atomic mass is 10.2. The van der Waals surface area contributed by atoms with Crippen molar-refractivity contribution in [2.75, 3.05) is 26.7 Å². The summed E-state index contributed by atoms with van der Waals surface area (Å²) >= 11 is 1.04. The van der Waals surface area contributed by atoms with E-state index in [4.69, 9.17) is 0 Å². The van der Waals surface area contributed by atoms with Gasteiger partial charge in [-0.25, -0.2) is 4.98 Å². The monoisotopic (exact) mass is 517 g/mol. The normalized spacial score (nSPS) is 22.1. The Bertz CT molecular complexity index is 616. The Morgan fingerprint density at radius 2 is 2.07 bits per heavy atom. The Hall–Kier alpha value is -0.620. The minimum Gasteiger partial charge on any atom is -0.356 e. The zero-order valence-electron chi connectivity index (χ0n) is 15.4. The van der Waals surface area contributed by atoms with Crippen molar-refractivity contribution in [1.82, 2.24) is 20.5 Å². The van der Waals surface area contributed by atoms with Gasteiger partial charge in [-0.15, -0.1) is 35.3 Å². The van der Waals surface area contributed by atoms with Crippen LogP contribution in [-0.4, -0.2) is 54.6 Å². The first-order chi connectivity index (χ1) is 12.5. The number of nitrogens with one attached hydrogen (secondary N) is 2. The summed E-state index contributed by atoms with van der Waals surface area (Å²) in [6.07, 6.45) is 2.48. The Kier molecular flexibility index (Phi) is 8.60. The van der Waals surface area contributed by atoms with Crippen LogP contribution in [-0.2, 0) is 12.6 Å². The van der Waals surface area contributed by atoms with Crippen molar-refractivity contribution in [3.63, 3.8) is 0 Å². The first kappa shape index (κ1) is 22.7. The van der Waals surface area contributed by atoms with Gasteiger partial charge in [0.05, 0.1) is 5.01 Å². The van der Waals surface area contributed by atoms with Crippen molar-refractivity contribution < 1.29 is 13.2 Å². The smallest absolute Gasteiger partial charge is 0.356 e. The van der Waals surface area contributed by atoms with Gasteiger partial charge in [0.15, 0.2) is 11.7 Å². The van der Waals surface area contributed by atoms with E-state index in [1.807, 2.05) is 0 Å². The number of likely N-dealkylation sites (tertiary alicyclic amines) is 1. The quantitative estimate of drug-likeness (QED) is 0.357. The Labute approximate surface area is 179 Å². The molecule has 1 aromatic rings. The maximum Gasteiger partial charge on any atom is 0.434 e. The number of thiazole rings is 1. The predicted molar refractivity (Wildman–Crippen MR) is 113 cm³/mol. The molecular formula is C17H27F3IN5S. The van der Waals surface area contributed by atoms with E-state index in [0.717, 1.165) is 42.3 Å². The molecule has 1 aromatic heterocycles. The minimum absolute atomic E-state index is 0. The Morgan fingerprint density at radius 1 is 1.33 bits per heavy atom. The van der Waals surface area contributed by atoms with Gasteiger partial charge in [0.1, 0.15) is 0 Å². The molecular weight excluding hydrogens is 490 g/mol. The topological polar surface area (TPSA) is 52.6 Å². The van der Waals surface area contributed by atoms with E-state index in [1.54, 1.807) is 7.05 Å². The molecule has 1 aliphatic heterocycles. The van der Waals surface area contributed by atoms with Crippen molar-refractivity contribution in [1.29, 1.82) is 0 Å². The molecule has 2 aliphatic rings. The number of hydrogen-bond donors (Lipinski definition) is 2. The standard InChI is InChI=1S/C17H26F3N5S.HI/c1-21-16(22-8-6-15-24-14(11-26-15)17(18,19)20)23-12-7-9-25(10-12)13-4-2-3-5-13;/h11-13H,2-10H2,1H3,(H2,21,22,23);1H. The van der Waals surface area contributed by atoms with E-state index in [9.17, 15) is 13.2 Å². The van der Waals surface area contributed by atoms with Gasteiger partial charge in [-0.3, -0.25) is 9.89 Å². The van der Waals surface area contributed by atoms with Crippen LogP contribution in [0.4, 0.5) is 13.2 Å². The van der Waals surface area contributed by atoms with E-state index in [2.05, 4.69) is 25.5 Å². The molecule has 2 fully saturated rings. The highest BCUT2D eigenvalue weighted by Gasteiger charge is 2.33. The van der Waals surface area contributed by atoms with E-state index in [-0.39, 0.29) is 24.0 Å². The molecule has 0 bridgehead atoms. The fourth-order valence-corrected chi connectivity index (χ4v) is 4.54. The molecule has 0 spiro atoms. The summed E-state index contributed by atoms with van der Waals surface area (Å²) in [5.41, 5.74) is -0.807. The fraction of sp³-hybridized carbons (Fsp3) is 0.765. The third kappa shape index (κ3) is 6.45. The maximum atomic E-state index is 12.6. The molecule has 0 radical (unpaired) electrons. The summed E-state index contributed by atoms with van der Waals surface area (Å²) < 4.78 is 37.7. The molecule has 154 valence electrons. The minimum atomic E-state index is -4.37. The highest BCUT2D eigenvalue weighted by Crippen LogP contribution is 2.30. The number of rotatable bonds is 5. The summed E-state index contributed by atoms with van der Waals surface area (Å²) in [6.45, 7) is 2.66. The van der Waals surface area contributed by atoms with E-state index < -0.39 is 11.9 Å². The number of aromatic nitrogens is 1. The molecule has 10 heteroatoms. The lowest BCUT2D eigenvalue weighted by molar-refractivity contribution is -0.140. The average Bonchev–Trinajstić information content (AvgIpc) is 3.33. The number of halogens is 4. The van der Waals surface area contributed by atoms with Gasteiger partial charge >= 0.3 is 6.18 Å². The van der Waals surface area contributed by atoms with E-state index in [1.165, 1.54) is 25.7 Å². The maximum absolute atomic E-state index is 12.6. The fourth-order valence-electron chi connectivity index (χ4n) is 3.74. The Morgan fingerprint density at radius 3 is 2.70 bits per heavy atom. The van der Waals surface area contributed by atoms with Crippen LogP contribution in [0.3, 0.4) is 0 Å². The first-order valence-electron chi connectivity index (χ1n) is 9.18. The first-order valence-corrected chi connectivity index (χ1v) is 10.1. The number of aliphatic imine (C=N–C) groups is 1. The zero-order valence-corrected chi connectivity index (χ0v) is 18.5. The molecule has 1 atom stereocenters. The van der Waals surface area contributed by atoms with Gasteiger partial charge in [-0.05, 0) is 19.3 Å².